The minimum Gasteiger partial charge on any atom is -0.384 e. The van der Waals surface area contributed by atoms with Crippen LogP contribution in [0.2, 0.25) is 0 Å². The zero-order valence-corrected chi connectivity index (χ0v) is 12.5. The second-order valence-corrected chi connectivity index (χ2v) is 5.57. The maximum Gasteiger partial charge on any atom is 0.105 e. The van der Waals surface area contributed by atoms with Crippen LogP contribution >= 0.6 is 15.9 Å². The van der Waals surface area contributed by atoms with Gasteiger partial charge in [-0.15, -0.1) is 0 Å². The van der Waals surface area contributed by atoms with Crippen LogP contribution < -0.4 is 0 Å². The summed E-state index contributed by atoms with van der Waals surface area (Å²) in [6.45, 7) is 6.21. The minimum absolute atomic E-state index is 0.583. The highest BCUT2D eigenvalue weighted by molar-refractivity contribution is 9.10. The molecular weight excluding hydrogens is 288 g/mol. The van der Waals surface area contributed by atoms with Crippen LogP contribution in [0.25, 0.3) is 0 Å². The van der Waals surface area contributed by atoms with Crippen molar-refractivity contribution in [1.82, 2.24) is 0 Å². The summed E-state index contributed by atoms with van der Waals surface area (Å²) >= 11 is 3.49. The topological polar surface area (TPSA) is 20.2 Å². The number of aliphatic hydroxyl groups excluding tert-OH is 1. The summed E-state index contributed by atoms with van der Waals surface area (Å²) in [6, 6.07) is 12.0. The maximum absolute atomic E-state index is 10.5. The van der Waals surface area contributed by atoms with Gasteiger partial charge in [-0.3, -0.25) is 0 Å². The predicted octanol–water partition coefficient (Wildman–Crippen LogP) is 4.46. The first-order chi connectivity index (χ1) is 8.50. The highest BCUT2D eigenvalue weighted by atomic mass is 79.9. The third kappa shape index (κ3) is 2.50. The Hall–Kier alpha value is -1.12. The molecule has 0 unspecified atom stereocenters. The van der Waals surface area contributed by atoms with Crippen LogP contribution in [-0.2, 0) is 0 Å². The summed E-state index contributed by atoms with van der Waals surface area (Å²) in [6.07, 6.45) is -0.583. The van der Waals surface area contributed by atoms with E-state index in [9.17, 15) is 5.11 Å². The number of halogens is 1. The first-order valence-corrected chi connectivity index (χ1v) is 6.80. The standard InChI is InChI=1S/C16H17BrO/c1-10-8-12(3)14(9-11(10)2)16(18)13-6-4-5-7-15(13)17/h4-9,16,18H,1-3H3/t16-/m0/s1. The van der Waals surface area contributed by atoms with Gasteiger partial charge in [0.25, 0.3) is 0 Å². The number of hydrogen-bond donors (Lipinski definition) is 1. The molecule has 0 amide bonds. The van der Waals surface area contributed by atoms with E-state index < -0.39 is 6.10 Å². The van der Waals surface area contributed by atoms with Crippen LogP contribution in [0.3, 0.4) is 0 Å². The van der Waals surface area contributed by atoms with Gasteiger partial charge >= 0.3 is 0 Å². The van der Waals surface area contributed by atoms with E-state index >= 15 is 0 Å². The van der Waals surface area contributed by atoms with Crippen LogP contribution in [0, 0.1) is 20.8 Å². The van der Waals surface area contributed by atoms with Gasteiger partial charge in [-0.1, -0.05) is 46.3 Å². The van der Waals surface area contributed by atoms with Crippen LogP contribution in [0.4, 0.5) is 0 Å². The van der Waals surface area contributed by atoms with Gasteiger partial charge in [0.2, 0.25) is 0 Å². The Morgan fingerprint density at radius 2 is 1.50 bits per heavy atom. The van der Waals surface area contributed by atoms with Crippen LogP contribution in [0.1, 0.15) is 33.9 Å². The van der Waals surface area contributed by atoms with Gasteiger partial charge in [-0.05, 0) is 54.7 Å². The molecule has 0 bridgehead atoms. The average Bonchev–Trinajstić information content (AvgIpc) is 2.33. The van der Waals surface area contributed by atoms with Crippen molar-refractivity contribution in [1.29, 1.82) is 0 Å². The van der Waals surface area contributed by atoms with Gasteiger partial charge in [-0.25, -0.2) is 0 Å². The Labute approximate surface area is 117 Å². The number of hydrogen-bond acceptors (Lipinski definition) is 1. The molecule has 1 N–H and O–H groups in total. The number of benzene rings is 2. The molecule has 0 aliphatic rings. The van der Waals surface area contributed by atoms with E-state index in [1.807, 2.05) is 31.2 Å². The molecule has 2 aromatic carbocycles. The van der Waals surface area contributed by atoms with Crippen molar-refractivity contribution in [2.24, 2.45) is 0 Å². The van der Waals surface area contributed by atoms with Gasteiger partial charge < -0.3 is 5.11 Å². The second kappa shape index (κ2) is 5.25. The summed E-state index contributed by atoms with van der Waals surface area (Å²) in [4.78, 5) is 0. The molecule has 0 saturated heterocycles. The first-order valence-electron chi connectivity index (χ1n) is 6.01. The van der Waals surface area contributed by atoms with Crippen molar-refractivity contribution in [3.63, 3.8) is 0 Å². The largest absolute Gasteiger partial charge is 0.384 e. The van der Waals surface area contributed by atoms with Gasteiger partial charge in [0, 0.05) is 4.47 Å². The highest BCUT2D eigenvalue weighted by Gasteiger charge is 2.16. The SMILES string of the molecule is Cc1cc(C)c([C@@H](O)c2ccccc2Br)cc1C. The molecule has 0 heterocycles. The molecule has 0 fully saturated rings. The molecule has 0 aliphatic heterocycles. The van der Waals surface area contributed by atoms with E-state index in [0.717, 1.165) is 21.2 Å². The predicted molar refractivity (Wildman–Crippen MR) is 78.9 cm³/mol. The lowest BCUT2D eigenvalue weighted by Crippen LogP contribution is -2.04. The Balaban J connectivity index is 2.50. The van der Waals surface area contributed by atoms with Crippen molar-refractivity contribution in [2.75, 3.05) is 0 Å². The third-order valence-corrected chi connectivity index (χ3v) is 4.10. The molecule has 2 aromatic rings. The minimum atomic E-state index is -0.583. The average molecular weight is 305 g/mol. The van der Waals surface area contributed by atoms with Crippen molar-refractivity contribution in [3.05, 3.63) is 68.7 Å². The fourth-order valence-corrected chi connectivity index (χ4v) is 2.64. The van der Waals surface area contributed by atoms with E-state index in [0.29, 0.717) is 0 Å². The molecule has 0 aromatic heterocycles. The van der Waals surface area contributed by atoms with Crippen molar-refractivity contribution < 1.29 is 5.11 Å². The summed E-state index contributed by atoms with van der Waals surface area (Å²) < 4.78 is 0.940. The second-order valence-electron chi connectivity index (χ2n) is 4.72. The molecule has 0 spiro atoms. The lowest BCUT2D eigenvalue weighted by atomic mass is 9.94. The molecule has 0 saturated carbocycles. The lowest BCUT2D eigenvalue weighted by molar-refractivity contribution is 0.218. The first kappa shape index (κ1) is 13.3. The molecule has 2 rings (SSSR count). The molecule has 94 valence electrons. The van der Waals surface area contributed by atoms with E-state index in [1.54, 1.807) is 0 Å². The van der Waals surface area contributed by atoms with Crippen molar-refractivity contribution in [2.45, 2.75) is 26.9 Å². The molecule has 2 heteroatoms. The van der Waals surface area contributed by atoms with Gasteiger partial charge in [0.15, 0.2) is 0 Å². The zero-order chi connectivity index (χ0) is 13.3. The smallest absolute Gasteiger partial charge is 0.105 e. The monoisotopic (exact) mass is 304 g/mol. The lowest BCUT2D eigenvalue weighted by Gasteiger charge is -2.17. The third-order valence-electron chi connectivity index (χ3n) is 3.38. The Morgan fingerprint density at radius 1 is 0.889 bits per heavy atom. The summed E-state index contributed by atoms with van der Waals surface area (Å²) in [5.41, 5.74) is 5.48. The Morgan fingerprint density at radius 3 is 2.17 bits per heavy atom. The molecule has 1 nitrogen and oxygen atoms in total. The summed E-state index contributed by atoms with van der Waals surface area (Å²) in [5, 5.41) is 10.5. The van der Waals surface area contributed by atoms with Gasteiger partial charge in [-0.2, -0.15) is 0 Å². The Bertz CT molecular complexity index is 575. The maximum atomic E-state index is 10.5. The number of aryl methyl sites for hydroxylation is 3. The van der Waals surface area contributed by atoms with E-state index in [1.165, 1.54) is 11.1 Å². The molecule has 0 radical (unpaired) electrons. The van der Waals surface area contributed by atoms with Crippen LogP contribution in [0.5, 0.6) is 0 Å². The van der Waals surface area contributed by atoms with Crippen molar-refractivity contribution in [3.8, 4) is 0 Å². The summed E-state index contributed by atoms with van der Waals surface area (Å²) in [7, 11) is 0. The molecule has 0 aliphatic carbocycles. The molecule has 1 atom stereocenters. The highest BCUT2D eigenvalue weighted by Crippen LogP contribution is 2.31. The van der Waals surface area contributed by atoms with E-state index in [2.05, 4.69) is 41.9 Å². The molecular formula is C16H17BrO. The van der Waals surface area contributed by atoms with Crippen molar-refractivity contribution >= 4 is 15.9 Å². The fraction of sp³-hybridized carbons (Fsp3) is 0.250. The number of aliphatic hydroxyl groups is 1. The molecule has 18 heavy (non-hydrogen) atoms. The Kier molecular flexibility index (Phi) is 3.88. The quantitative estimate of drug-likeness (QED) is 0.868. The van der Waals surface area contributed by atoms with E-state index in [-0.39, 0.29) is 0 Å². The zero-order valence-electron chi connectivity index (χ0n) is 10.9. The van der Waals surface area contributed by atoms with Gasteiger partial charge in [0.05, 0.1) is 0 Å². The van der Waals surface area contributed by atoms with Crippen LogP contribution in [-0.4, -0.2) is 5.11 Å². The number of rotatable bonds is 2. The van der Waals surface area contributed by atoms with Crippen LogP contribution in [0.15, 0.2) is 40.9 Å². The normalized spacial score (nSPS) is 12.5. The van der Waals surface area contributed by atoms with E-state index in [4.69, 9.17) is 0 Å². The van der Waals surface area contributed by atoms with Gasteiger partial charge in [0.1, 0.15) is 6.10 Å². The summed E-state index contributed by atoms with van der Waals surface area (Å²) in [5.74, 6) is 0. The fourth-order valence-electron chi connectivity index (χ4n) is 2.14.